The van der Waals surface area contributed by atoms with Gasteiger partial charge in [0, 0.05) is 30.7 Å². The summed E-state index contributed by atoms with van der Waals surface area (Å²) in [5.41, 5.74) is 8.52. The van der Waals surface area contributed by atoms with Gasteiger partial charge in [-0.05, 0) is 98.8 Å². The molecule has 0 unspecified atom stereocenters. The predicted octanol–water partition coefficient (Wildman–Crippen LogP) is 4.67. The molecule has 2 aromatic rings. The van der Waals surface area contributed by atoms with Gasteiger partial charge in [-0.25, -0.2) is 4.99 Å². The average Bonchev–Trinajstić information content (AvgIpc) is 2.79. The Balaban J connectivity index is 1.03. The number of hydrogen-bond donors (Lipinski definition) is 3. The van der Waals surface area contributed by atoms with Crippen molar-refractivity contribution in [1.82, 2.24) is 15.5 Å². The first-order valence-corrected chi connectivity index (χ1v) is 13.0. The number of aliphatic imine (C=N–C) groups is 1. The summed E-state index contributed by atoms with van der Waals surface area (Å²) in [5, 5.41) is 7.97. The lowest BCUT2D eigenvalue weighted by Crippen LogP contribution is -2.61. The second-order valence-corrected chi connectivity index (χ2v) is 11.1. The fourth-order valence-electron chi connectivity index (χ4n) is 7.01. The predicted molar refractivity (Wildman–Crippen MR) is 139 cm³/mol. The maximum absolute atomic E-state index is 6.28. The molecule has 34 heavy (non-hydrogen) atoms. The number of guanidine groups is 1. The Labute approximate surface area is 207 Å². The molecular weight excluding hydrogens is 442 g/mol. The Morgan fingerprint density at radius 1 is 1.03 bits per heavy atom. The van der Waals surface area contributed by atoms with Crippen LogP contribution in [0.15, 0.2) is 53.5 Å². The molecule has 0 aromatic heterocycles. The second kappa shape index (κ2) is 8.77. The van der Waals surface area contributed by atoms with Crippen molar-refractivity contribution in [2.75, 3.05) is 13.1 Å². The third-order valence-electron chi connectivity index (χ3n) is 8.03. The number of nitrogens with one attached hydrogen (secondary N) is 2. The summed E-state index contributed by atoms with van der Waals surface area (Å²) >= 11 is 5.71. The molecule has 1 heterocycles. The van der Waals surface area contributed by atoms with Crippen LogP contribution in [-0.2, 0) is 6.54 Å². The molecule has 7 heteroatoms. The van der Waals surface area contributed by atoms with Crippen LogP contribution in [0, 0.1) is 17.8 Å². The van der Waals surface area contributed by atoms with Crippen LogP contribution < -0.4 is 21.1 Å². The number of para-hydroxylation sites is 1. The molecule has 4 fully saturated rings. The van der Waals surface area contributed by atoms with E-state index in [0.29, 0.717) is 12.5 Å². The number of hydrogen-bond acceptors (Lipinski definition) is 5. The normalized spacial score (nSPS) is 28.8. The summed E-state index contributed by atoms with van der Waals surface area (Å²) in [5.74, 6) is 4.89. The number of nitrogens with zero attached hydrogens (tertiary/aromatic N) is 2. The van der Waals surface area contributed by atoms with Crippen molar-refractivity contribution in [3.05, 3.63) is 54.1 Å². The summed E-state index contributed by atoms with van der Waals surface area (Å²) in [6, 6.07) is 15.8. The second-order valence-electron chi connectivity index (χ2n) is 10.7. The molecule has 5 aliphatic rings. The lowest BCUT2D eigenvalue weighted by molar-refractivity contribution is -0.0101. The molecule has 4 N–H and O–H groups in total. The van der Waals surface area contributed by atoms with Crippen LogP contribution in [0.4, 0.5) is 5.69 Å². The minimum Gasteiger partial charge on any atom is -0.457 e. The van der Waals surface area contributed by atoms with Gasteiger partial charge in [-0.3, -0.25) is 0 Å². The van der Waals surface area contributed by atoms with Crippen molar-refractivity contribution >= 4 is 29.0 Å². The third kappa shape index (κ3) is 4.45. The van der Waals surface area contributed by atoms with Gasteiger partial charge in [0.2, 0.25) is 0 Å². The quantitative estimate of drug-likeness (QED) is 0.527. The molecule has 178 valence electrons. The monoisotopic (exact) mass is 475 g/mol. The Morgan fingerprint density at radius 2 is 1.74 bits per heavy atom. The Morgan fingerprint density at radius 3 is 2.44 bits per heavy atom. The molecular formula is C27H33N5OS. The number of nitrogens with two attached hydrogens (primary N) is 1. The highest BCUT2D eigenvalue weighted by Gasteiger charge is 2.51. The van der Waals surface area contributed by atoms with E-state index in [1.54, 1.807) is 0 Å². The molecule has 0 amide bonds. The zero-order chi connectivity index (χ0) is 23.1. The summed E-state index contributed by atoms with van der Waals surface area (Å²) in [7, 11) is 0. The highest BCUT2D eigenvalue weighted by atomic mass is 32.1. The maximum Gasteiger partial charge on any atom is 0.196 e. The SMILES string of the molecule is NC1=Nc2ccc(Oc3ccccc3)cc2CN1CCNC(=S)NC12CC3CC(CC(C3)C1)C2. The van der Waals surface area contributed by atoms with Crippen molar-refractivity contribution in [3.63, 3.8) is 0 Å². The summed E-state index contributed by atoms with van der Waals surface area (Å²) < 4.78 is 6.00. The number of rotatable bonds is 6. The maximum atomic E-state index is 6.28. The number of ether oxygens (including phenoxy) is 1. The number of fused-ring (bicyclic) bond motifs is 1. The van der Waals surface area contributed by atoms with E-state index in [0.717, 1.165) is 58.7 Å². The van der Waals surface area contributed by atoms with E-state index in [4.69, 9.17) is 22.7 Å². The Kier molecular flexibility index (Phi) is 5.60. The zero-order valence-corrected chi connectivity index (χ0v) is 20.3. The molecule has 0 atom stereocenters. The summed E-state index contributed by atoms with van der Waals surface area (Å²) in [4.78, 5) is 6.70. The lowest BCUT2D eigenvalue weighted by Gasteiger charge is -2.57. The minimum absolute atomic E-state index is 0.235. The lowest BCUT2D eigenvalue weighted by atomic mass is 9.53. The molecule has 0 radical (unpaired) electrons. The van der Waals surface area contributed by atoms with E-state index < -0.39 is 0 Å². The molecule has 4 bridgehead atoms. The van der Waals surface area contributed by atoms with Crippen LogP contribution in [0.1, 0.15) is 44.1 Å². The average molecular weight is 476 g/mol. The van der Waals surface area contributed by atoms with Crippen molar-refractivity contribution in [2.45, 2.75) is 50.6 Å². The fraction of sp³-hybridized carbons (Fsp3) is 0.481. The molecule has 6 nitrogen and oxygen atoms in total. The molecule has 2 aromatic carbocycles. The van der Waals surface area contributed by atoms with Crippen molar-refractivity contribution in [1.29, 1.82) is 0 Å². The first-order chi connectivity index (χ1) is 16.5. The van der Waals surface area contributed by atoms with Crippen LogP contribution in [0.3, 0.4) is 0 Å². The van der Waals surface area contributed by atoms with Crippen LogP contribution in [0.5, 0.6) is 11.5 Å². The third-order valence-corrected chi connectivity index (χ3v) is 8.28. The molecule has 4 aliphatic carbocycles. The fourth-order valence-corrected chi connectivity index (χ4v) is 7.33. The summed E-state index contributed by atoms with van der Waals surface area (Å²) in [6.07, 6.45) is 8.18. The topological polar surface area (TPSA) is 74.9 Å². The molecule has 0 saturated heterocycles. The highest BCUT2D eigenvalue weighted by molar-refractivity contribution is 7.80. The molecule has 7 rings (SSSR count). The minimum atomic E-state index is 0.235. The van der Waals surface area contributed by atoms with Gasteiger partial charge in [0.15, 0.2) is 11.1 Å². The van der Waals surface area contributed by atoms with Gasteiger partial charge in [-0.1, -0.05) is 18.2 Å². The molecule has 0 spiro atoms. The van der Waals surface area contributed by atoms with Crippen LogP contribution >= 0.6 is 12.2 Å². The first-order valence-electron chi connectivity index (χ1n) is 12.5. The van der Waals surface area contributed by atoms with Crippen molar-refractivity contribution in [2.24, 2.45) is 28.5 Å². The van der Waals surface area contributed by atoms with Gasteiger partial charge in [0.1, 0.15) is 11.5 Å². The van der Waals surface area contributed by atoms with Gasteiger partial charge in [0.25, 0.3) is 0 Å². The number of benzene rings is 2. The van der Waals surface area contributed by atoms with E-state index >= 15 is 0 Å². The molecule has 1 aliphatic heterocycles. The smallest absolute Gasteiger partial charge is 0.196 e. The van der Waals surface area contributed by atoms with E-state index in [1.165, 1.54) is 38.5 Å². The van der Waals surface area contributed by atoms with E-state index in [9.17, 15) is 0 Å². The van der Waals surface area contributed by atoms with Crippen LogP contribution in [0.2, 0.25) is 0 Å². The van der Waals surface area contributed by atoms with Gasteiger partial charge >= 0.3 is 0 Å². The summed E-state index contributed by atoms with van der Waals surface area (Å²) in [6.45, 7) is 2.17. The Hall–Kier alpha value is -2.80. The standard InChI is InChI=1S/C27H33N5OS/c28-25-30-24-7-6-23(33-22-4-2-1-3-5-22)13-21(24)17-32(25)9-8-29-26(34)31-27-14-18-10-19(15-27)12-20(11-18)16-27/h1-7,13,18-20H,8-12,14-17H2,(H2,28,30)(H2,29,31,34). The van der Waals surface area contributed by atoms with Crippen molar-refractivity contribution < 1.29 is 4.74 Å². The molecule has 4 saturated carbocycles. The van der Waals surface area contributed by atoms with Gasteiger partial charge in [0.05, 0.1) is 5.69 Å². The largest absolute Gasteiger partial charge is 0.457 e. The van der Waals surface area contributed by atoms with Gasteiger partial charge < -0.3 is 26.0 Å². The highest BCUT2D eigenvalue weighted by Crippen LogP contribution is 2.55. The van der Waals surface area contributed by atoms with Crippen molar-refractivity contribution in [3.8, 4) is 11.5 Å². The van der Waals surface area contributed by atoms with Gasteiger partial charge in [-0.15, -0.1) is 0 Å². The van der Waals surface area contributed by atoms with E-state index in [1.807, 2.05) is 42.5 Å². The van der Waals surface area contributed by atoms with Crippen LogP contribution in [-0.4, -0.2) is 34.6 Å². The Bertz CT molecular complexity index is 1070. The van der Waals surface area contributed by atoms with Gasteiger partial charge in [-0.2, -0.15) is 0 Å². The first kappa shape index (κ1) is 21.7. The van der Waals surface area contributed by atoms with Crippen LogP contribution in [0.25, 0.3) is 0 Å². The number of thiocarbonyl (C=S) groups is 1. The van der Waals surface area contributed by atoms with E-state index in [-0.39, 0.29) is 5.54 Å². The zero-order valence-electron chi connectivity index (χ0n) is 19.5. The van der Waals surface area contributed by atoms with E-state index in [2.05, 4.69) is 26.6 Å².